The Balaban J connectivity index is 2.49. The molecule has 0 aliphatic heterocycles. The molecule has 0 saturated heterocycles. The van der Waals surface area contributed by atoms with Crippen molar-refractivity contribution in [1.29, 1.82) is 0 Å². The van der Waals surface area contributed by atoms with Crippen LogP contribution in [0.5, 0.6) is 0 Å². The van der Waals surface area contributed by atoms with Crippen LogP contribution in [0.15, 0.2) is 24.4 Å². The van der Waals surface area contributed by atoms with Gasteiger partial charge in [-0.1, -0.05) is 0 Å². The fraction of sp³-hybridized carbons (Fsp3) is 0.300. The number of fused-ring (bicyclic) bond motifs is 1. The number of aromatic amines is 1. The van der Waals surface area contributed by atoms with E-state index < -0.39 is 0 Å². The fourth-order valence-corrected chi connectivity index (χ4v) is 1.32. The summed E-state index contributed by atoms with van der Waals surface area (Å²) in [5.41, 5.74) is 1.98. The maximum absolute atomic E-state index is 5.21. The predicted molar refractivity (Wildman–Crippen MR) is 51.5 cm³/mol. The number of pyridine rings is 1. The van der Waals surface area contributed by atoms with Crippen LogP contribution in [0.1, 0.15) is 18.7 Å². The molecule has 0 spiro atoms. The van der Waals surface area contributed by atoms with Gasteiger partial charge in [-0.15, -0.1) is 0 Å². The molecule has 13 heavy (non-hydrogen) atoms. The SMILES string of the molecule is COC(C)c1cc2cccnc2[nH]1. The molecule has 0 saturated carbocycles. The molecule has 1 unspecified atom stereocenters. The number of methoxy groups -OCH3 is 1. The van der Waals surface area contributed by atoms with E-state index in [0.717, 1.165) is 16.7 Å². The average Bonchev–Trinajstić information content (AvgIpc) is 2.59. The molecule has 1 atom stereocenters. The Morgan fingerprint density at radius 3 is 3.08 bits per heavy atom. The van der Waals surface area contributed by atoms with E-state index >= 15 is 0 Å². The molecule has 0 aliphatic carbocycles. The summed E-state index contributed by atoms with van der Waals surface area (Å²) in [6, 6.07) is 6.03. The van der Waals surface area contributed by atoms with E-state index in [2.05, 4.69) is 16.0 Å². The first-order valence-corrected chi connectivity index (χ1v) is 4.27. The zero-order chi connectivity index (χ0) is 9.26. The number of hydrogen-bond donors (Lipinski definition) is 1. The highest BCUT2D eigenvalue weighted by molar-refractivity contribution is 5.76. The monoisotopic (exact) mass is 176 g/mol. The number of H-pyrrole nitrogens is 1. The van der Waals surface area contributed by atoms with Crippen LogP contribution < -0.4 is 0 Å². The summed E-state index contributed by atoms with van der Waals surface area (Å²) in [7, 11) is 1.70. The Morgan fingerprint density at radius 1 is 1.54 bits per heavy atom. The Morgan fingerprint density at radius 2 is 2.38 bits per heavy atom. The van der Waals surface area contributed by atoms with Gasteiger partial charge in [0.25, 0.3) is 0 Å². The fourth-order valence-electron chi connectivity index (χ4n) is 1.32. The molecule has 2 aromatic rings. The number of aromatic nitrogens is 2. The minimum absolute atomic E-state index is 0.0919. The van der Waals surface area contributed by atoms with E-state index in [-0.39, 0.29) is 6.10 Å². The molecule has 0 aliphatic rings. The summed E-state index contributed by atoms with van der Waals surface area (Å²) in [4.78, 5) is 7.42. The van der Waals surface area contributed by atoms with Crippen LogP contribution in [-0.2, 0) is 4.74 Å². The largest absolute Gasteiger partial charge is 0.376 e. The van der Waals surface area contributed by atoms with Crippen LogP contribution in [0.25, 0.3) is 11.0 Å². The van der Waals surface area contributed by atoms with Crippen LogP contribution in [0.2, 0.25) is 0 Å². The highest BCUT2D eigenvalue weighted by Crippen LogP contribution is 2.19. The van der Waals surface area contributed by atoms with Gasteiger partial charge < -0.3 is 9.72 Å². The van der Waals surface area contributed by atoms with Crippen molar-refractivity contribution in [3.8, 4) is 0 Å². The predicted octanol–water partition coefficient (Wildman–Crippen LogP) is 2.27. The molecule has 2 aromatic heterocycles. The molecule has 1 N–H and O–H groups in total. The molecule has 68 valence electrons. The summed E-state index contributed by atoms with van der Waals surface area (Å²) in [5, 5.41) is 1.13. The van der Waals surface area contributed by atoms with Crippen molar-refractivity contribution in [1.82, 2.24) is 9.97 Å². The zero-order valence-electron chi connectivity index (χ0n) is 7.74. The Kier molecular flexibility index (Phi) is 2.02. The van der Waals surface area contributed by atoms with Crippen molar-refractivity contribution in [3.05, 3.63) is 30.1 Å². The molecule has 0 radical (unpaired) electrons. The third-order valence-electron chi connectivity index (χ3n) is 2.20. The molecule has 0 bridgehead atoms. The number of rotatable bonds is 2. The molecule has 0 aromatic carbocycles. The van der Waals surface area contributed by atoms with E-state index in [4.69, 9.17) is 4.74 Å². The maximum atomic E-state index is 5.21. The molecule has 0 fully saturated rings. The number of nitrogens with zero attached hydrogens (tertiary/aromatic N) is 1. The van der Waals surface area contributed by atoms with Crippen LogP contribution in [0, 0.1) is 0 Å². The molecule has 0 amide bonds. The van der Waals surface area contributed by atoms with Gasteiger partial charge in [-0.05, 0) is 25.1 Å². The molecular formula is C10H12N2O. The van der Waals surface area contributed by atoms with Gasteiger partial charge >= 0.3 is 0 Å². The normalized spacial score (nSPS) is 13.4. The average molecular weight is 176 g/mol. The van der Waals surface area contributed by atoms with Gasteiger partial charge in [0.05, 0.1) is 6.10 Å². The minimum atomic E-state index is 0.0919. The Labute approximate surface area is 76.8 Å². The van der Waals surface area contributed by atoms with Crippen molar-refractivity contribution in [2.45, 2.75) is 13.0 Å². The highest BCUT2D eigenvalue weighted by Gasteiger charge is 2.07. The van der Waals surface area contributed by atoms with Crippen LogP contribution in [0.3, 0.4) is 0 Å². The summed E-state index contributed by atoms with van der Waals surface area (Å²) < 4.78 is 5.21. The first kappa shape index (κ1) is 8.26. The second-order valence-corrected chi connectivity index (χ2v) is 3.04. The van der Waals surface area contributed by atoms with Crippen molar-refractivity contribution in [2.75, 3.05) is 7.11 Å². The number of nitrogens with one attached hydrogen (secondary N) is 1. The molecule has 3 heteroatoms. The third-order valence-corrected chi connectivity index (χ3v) is 2.20. The van der Waals surface area contributed by atoms with E-state index in [9.17, 15) is 0 Å². The quantitative estimate of drug-likeness (QED) is 0.762. The lowest BCUT2D eigenvalue weighted by Gasteiger charge is -2.04. The van der Waals surface area contributed by atoms with E-state index in [0.29, 0.717) is 0 Å². The Bertz CT molecular complexity index is 375. The Hall–Kier alpha value is -1.35. The van der Waals surface area contributed by atoms with Crippen molar-refractivity contribution < 1.29 is 4.74 Å². The van der Waals surface area contributed by atoms with Crippen molar-refractivity contribution >= 4 is 11.0 Å². The lowest BCUT2D eigenvalue weighted by molar-refractivity contribution is 0.116. The van der Waals surface area contributed by atoms with E-state index in [1.165, 1.54) is 0 Å². The van der Waals surface area contributed by atoms with Crippen LogP contribution in [0.4, 0.5) is 0 Å². The molecule has 2 rings (SSSR count). The van der Waals surface area contributed by atoms with Crippen molar-refractivity contribution in [2.24, 2.45) is 0 Å². The van der Waals surface area contributed by atoms with Gasteiger partial charge in [0.1, 0.15) is 5.65 Å². The van der Waals surface area contributed by atoms with Gasteiger partial charge in [-0.2, -0.15) is 0 Å². The highest BCUT2D eigenvalue weighted by atomic mass is 16.5. The second kappa shape index (κ2) is 3.18. The smallest absolute Gasteiger partial charge is 0.137 e. The van der Waals surface area contributed by atoms with Gasteiger partial charge in [-0.3, -0.25) is 0 Å². The number of ether oxygens (including phenoxy) is 1. The van der Waals surface area contributed by atoms with Gasteiger partial charge in [0.15, 0.2) is 0 Å². The third kappa shape index (κ3) is 1.42. The first-order chi connectivity index (χ1) is 6.31. The van der Waals surface area contributed by atoms with Crippen LogP contribution in [-0.4, -0.2) is 17.1 Å². The van der Waals surface area contributed by atoms with Crippen molar-refractivity contribution in [3.63, 3.8) is 0 Å². The number of hydrogen-bond acceptors (Lipinski definition) is 2. The lowest BCUT2D eigenvalue weighted by atomic mass is 10.2. The van der Waals surface area contributed by atoms with E-state index in [1.807, 2.05) is 19.1 Å². The van der Waals surface area contributed by atoms with Gasteiger partial charge in [0, 0.05) is 24.4 Å². The van der Waals surface area contributed by atoms with E-state index in [1.54, 1.807) is 13.3 Å². The lowest BCUT2D eigenvalue weighted by Crippen LogP contribution is -1.94. The molecular weight excluding hydrogens is 164 g/mol. The zero-order valence-corrected chi connectivity index (χ0v) is 7.74. The summed E-state index contributed by atoms with van der Waals surface area (Å²) in [6.45, 7) is 2.00. The van der Waals surface area contributed by atoms with Gasteiger partial charge in [-0.25, -0.2) is 4.98 Å². The first-order valence-electron chi connectivity index (χ1n) is 4.27. The minimum Gasteiger partial charge on any atom is -0.376 e. The summed E-state index contributed by atoms with van der Waals surface area (Å²) in [6.07, 6.45) is 1.87. The summed E-state index contributed by atoms with van der Waals surface area (Å²) in [5.74, 6) is 0. The molecule has 3 nitrogen and oxygen atoms in total. The van der Waals surface area contributed by atoms with Crippen LogP contribution >= 0.6 is 0 Å². The standard InChI is InChI=1S/C10H12N2O/c1-7(13-2)9-6-8-4-3-5-11-10(8)12-9/h3-7H,1-2H3,(H,11,12). The van der Waals surface area contributed by atoms with Gasteiger partial charge in [0.2, 0.25) is 0 Å². The summed E-state index contributed by atoms with van der Waals surface area (Å²) >= 11 is 0. The second-order valence-electron chi connectivity index (χ2n) is 3.04. The molecule has 2 heterocycles. The topological polar surface area (TPSA) is 37.9 Å². The maximum Gasteiger partial charge on any atom is 0.137 e.